The third kappa shape index (κ3) is 2.52. The molecule has 3 aromatic heterocycles. The number of aromatic nitrogens is 6. The number of hydrogen-bond donors (Lipinski definition) is 1. The van der Waals surface area contributed by atoms with Gasteiger partial charge in [0.1, 0.15) is 5.82 Å². The molecule has 1 unspecified atom stereocenters. The van der Waals surface area contributed by atoms with Crippen LogP contribution in [0.5, 0.6) is 0 Å². The van der Waals surface area contributed by atoms with Crippen molar-refractivity contribution in [1.29, 1.82) is 0 Å². The first-order valence-electron chi connectivity index (χ1n) is 8.40. The van der Waals surface area contributed by atoms with E-state index in [1.807, 2.05) is 30.1 Å². The number of aryl methyl sites for hydroxylation is 1. The number of anilines is 1. The van der Waals surface area contributed by atoms with E-state index in [2.05, 4.69) is 15.3 Å². The van der Waals surface area contributed by atoms with Gasteiger partial charge in [0.25, 0.3) is 0 Å². The second-order valence-corrected chi connectivity index (χ2v) is 7.91. The van der Waals surface area contributed by atoms with Crippen LogP contribution in [0.1, 0.15) is 0 Å². The highest BCUT2D eigenvalue weighted by atomic mass is 32.2. The van der Waals surface area contributed by atoms with Crippen LogP contribution in [0.15, 0.2) is 30.6 Å². The molecule has 5 rings (SSSR count). The largest absolute Gasteiger partial charge is 0.347 e. The summed E-state index contributed by atoms with van der Waals surface area (Å²) in [6.07, 6.45) is 3.44. The van der Waals surface area contributed by atoms with Gasteiger partial charge in [0.05, 0.1) is 40.6 Å². The zero-order valence-corrected chi connectivity index (χ0v) is 15.2. The number of aromatic amines is 1. The minimum absolute atomic E-state index is 0.0724. The predicted molar refractivity (Wildman–Crippen MR) is 102 cm³/mol. The van der Waals surface area contributed by atoms with Gasteiger partial charge < -0.3 is 4.90 Å². The highest BCUT2D eigenvalue weighted by Crippen LogP contribution is 2.31. The van der Waals surface area contributed by atoms with Gasteiger partial charge in [-0.1, -0.05) is 12.1 Å². The van der Waals surface area contributed by atoms with E-state index < -0.39 is 10.8 Å². The molecule has 10 heteroatoms. The van der Waals surface area contributed by atoms with E-state index in [4.69, 9.17) is 9.97 Å². The van der Waals surface area contributed by atoms with Gasteiger partial charge in [-0.3, -0.25) is 18.8 Å². The Balaban J connectivity index is 1.73. The zero-order valence-electron chi connectivity index (χ0n) is 14.4. The first-order chi connectivity index (χ1) is 13.1. The standard InChI is InChI=1S/C17H15N7O2S/c1-23-16-12(8-19-23)17(24-5-6-27(26)14(25)9-24)21-15(20-16)10-3-2-4-13-11(10)7-18-22-13/h2-4,7-8H,5-6,9H2,1H3,(H,18,22). The van der Waals surface area contributed by atoms with E-state index in [0.717, 1.165) is 21.9 Å². The van der Waals surface area contributed by atoms with Crippen molar-refractivity contribution in [2.24, 2.45) is 7.05 Å². The maximum atomic E-state index is 12.0. The second-order valence-electron chi connectivity index (χ2n) is 6.36. The first kappa shape index (κ1) is 16.1. The number of carbonyl (C=O) groups is 1. The number of H-pyrrole nitrogens is 1. The van der Waals surface area contributed by atoms with Crippen molar-refractivity contribution in [1.82, 2.24) is 29.9 Å². The van der Waals surface area contributed by atoms with Crippen LogP contribution in [0.4, 0.5) is 5.82 Å². The molecule has 0 bridgehead atoms. The maximum absolute atomic E-state index is 12.0. The smallest absolute Gasteiger partial charge is 0.238 e. The van der Waals surface area contributed by atoms with Crippen molar-refractivity contribution >= 4 is 43.7 Å². The van der Waals surface area contributed by atoms with Gasteiger partial charge in [-0.15, -0.1) is 0 Å². The van der Waals surface area contributed by atoms with E-state index in [1.165, 1.54) is 0 Å². The molecule has 1 saturated heterocycles. The molecule has 1 aliphatic heterocycles. The summed E-state index contributed by atoms with van der Waals surface area (Å²) in [5.41, 5.74) is 2.42. The number of rotatable bonds is 2. The number of benzene rings is 1. The number of hydrogen-bond acceptors (Lipinski definition) is 7. The van der Waals surface area contributed by atoms with Crippen LogP contribution in [0.2, 0.25) is 0 Å². The van der Waals surface area contributed by atoms with E-state index in [-0.39, 0.29) is 11.7 Å². The van der Waals surface area contributed by atoms with Crippen LogP contribution in [0.3, 0.4) is 0 Å². The molecular weight excluding hydrogens is 366 g/mol. The molecule has 1 N–H and O–H groups in total. The summed E-state index contributed by atoms with van der Waals surface area (Å²) in [4.78, 5) is 23.3. The van der Waals surface area contributed by atoms with Crippen LogP contribution < -0.4 is 4.90 Å². The fourth-order valence-electron chi connectivity index (χ4n) is 3.33. The number of carbonyl (C=O) groups excluding carboxylic acids is 1. The van der Waals surface area contributed by atoms with E-state index in [9.17, 15) is 9.00 Å². The van der Waals surface area contributed by atoms with Gasteiger partial charge in [-0.05, 0) is 6.07 Å². The fourth-order valence-corrected chi connectivity index (χ4v) is 4.24. The molecule has 4 heterocycles. The average Bonchev–Trinajstić information content (AvgIpc) is 3.30. The molecule has 1 atom stereocenters. The molecule has 1 aromatic carbocycles. The molecule has 0 spiro atoms. The lowest BCUT2D eigenvalue weighted by atomic mass is 10.1. The van der Waals surface area contributed by atoms with Crippen LogP contribution in [-0.2, 0) is 22.6 Å². The van der Waals surface area contributed by atoms with Gasteiger partial charge in [-0.2, -0.15) is 10.2 Å². The maximum Gasteiger partial charge on any atom is 0.238 e. The van der Waals surface area contributed by atoms with Crippen LogP contribution in [0, 0.1) is 0 Å². The molecule has 1 aliphatic rings. The molecule has 0 aliphatic carbocycles. The van der Waals surface area contributed by atoms with E-state index >= 15 is 0 Å². The molecule has 9 nitrogen and oxygen atoms in total. The highest BCUT2D eigenvalue weighted by Gasteiger charge is 2.27. The number of nitrogens with zero attached hydrogens (tertiary/aromatic N) is 6. The fraction of sp³-hybridized carbons (Fsp3) is 0.235. The van der Waals surface area contributed by atoms with Crippen molar-refractivity contribution in [3.8, 4) is 11.4 Å². The monoisotopic (exact) mass is 381 g/mol. The summed E-state index contributed by atoms with van der Waals surface area (Å²) in [6, 6.07) is 5.80. The number of fused-ring (bicyclic) bond motifs is 2. The van der Waals surface area contributed by atoms with Crippen molar-refractivity contribution in [2.75, 3.05) is 23.7 Å². The van der Waals surface area contributed by atoms with Crippen LogP contribution in [0.25, 0.3) is 33.3 Å². The minimum atomic E-state index is -1.42. The zero-order chi connectivity index (χ0) is 18.5. The Hall–Kier alpha value is -3.14. The summed E-state index contributed by atoms with van der Waals surface area (Å²) in [6.45, 7) is 0.567. The second kappa shape index (κ2) is 5.95. The van der Waals surface area contributed by atoms with Crippen molar-refractivity contribution in [3.05, 3.63) is 30.6 Å². The lowest BCUT2D eigenvalue weighted by Crippen LogP contribution is -2.41. The van der Waals surface area contributed by atoms with E-state index in [0.29, 0.717) is 29.6 Å². The van der Waals surface area contributed by atoms with Gasteiger partial charge in [0, 0.05) is 30.3 Å². The molecule has 4 aromatic rings. The number of nitrogens with one attached hydrogen (secondary N) is 1. The van der Waals surface area contributed by atoms with Crippen molar-refractivity contribution < 1.29 is 9.00 Å². The van der Waals surface area contributed by atoms with E-state index in [1.54, 1.807) is 17.1 Å². The summed E-state index contributed by atoms with van der Waals surface area (Å²) < 4.78 is 13.4. The molecule has 27 heavy (non-hydrogen) atoms. The lowest BCUT2D eigenvalue weighted by Gasteiger charge is -2.27. The normalized spacial score (nSPS) is 17.9. The van der Waals surface area contributed by atoms with Crippen LogP contribution >= 0.6 is 0 Å². The SMILES string of the molecule is Cn1ncc2c(N3CCS(=O)C(=O)C3)nc(-c3cccc4[nH]ncc34)nc21. The Kier molecular flexibility index (Phi) is 3.54. The summed E-state index contributed by atoms with van der Waals surface area (Å²) in [7, 11) is 0.398. The third-order valence-corrected chi connectivity index (χ3v) is 5.91. The summed E-state index contributed by atoms with van der Waals surface area (Å²) in [5.74, 6) is 1.47. The van der Waals surface area contributed by atoms with Crippen molar-refractivity contribution in [3.63, 3.8) is 0 Å². The lowest BCUT2D eigenvalue weighted by molar-refractivity contribution is -0.110. The Morgan fingerprint density at radius 1 is 1.19 bits per heavy atom. The average molecular weight is 381 g/mol. The Morgan fingerprint density at radius 2 is 2.07 bits per heavy atom. The Morgan fingerprint density at radius 3 is 2.93 bits per heavy atom. The molecule has 0 saturated carbocycles. The summed E-state index contributed by atoms with van der Waals surface area (Å²) >= 11 is 0. The quantitative estimate of drug-likeness (QED) is 0.552. The minimum Gasteiger partial charge on any atom is -0.347 e. The molecule has 136 valence electrons. The third-order valence-electron chi connectivity index (χ3n) is 4.72. The van der Waals surface area contributed by atoms with Gasteiger partial charge in [0.2, 0.25) is 5.12 Å². The Bertz CT molecular complexity index is 1230. The molecule has 1 fully saturated rings. The molecular formula is C17H15N7O2S. The first-order valence-corrected chi connectivity index (χ1v) is 9.72. The predicted octanol–water partition coefficient (Wildman–Crippen LogP) is 1.00. The van der Waals surface area contributed by atoms with Gasteiger partial charge >= 0.3 is 0 Å². The molecule has 0 radical (unpaired) electrons. The van der Waals surface area contributed by atoms with Crippen molar-refractivity contribution in [2.45, 2.75) is 0 Å². The van der Waals surface area contributed by atoms with Crippen LogP contribution in [-0.4, -0.2) is 58.1 Å². The van der Waals surface area contributed by atoms with Gasteiger partial charge in [-0.25, -0.2) is 9.97 Å². The highest BCUT2D eigenvalue weighted by molar-refractivity contribution is 8.00. The Labute approximate surface area is 155 Å². The van der Waals surface area contributed by atoms with Gasteiger partial charge in [0.15, 0.2) is 11.5 Å². The summed E-state index contributed by atoms with van der Waals surface area (Å²) in [5, 5.41) is 12.7. The topological polar surface area (TPSA) is 110 Å². The molecule has 0 amide bonds.